The molecule has 0 bridgehead atoms. The van der Waals surface area contributed by atoms with Gasteiger partial charge in [-0.3, -0.25) is 9.78 Å². The predicted octanol–water partition coefficient (Wildman–Crippen LogP) is 2.25. The molecule has 15 heavy (non-hydrogen) atoms. The Morgan fingerprint density at radius 3 is 2.87 bits per heavy atom. The van der Waals surface area contributed by atoms with Crippen molar-refractivity contribution in [2.75, 3.05) is 7.05 Å². The van der Waals surface area contributed by atoms with Gasteiger partial charge in [-0.15, -0.1) is 0 Å². The third-order valence-corrected chi connectivity index (χ3v) is 4.71. The van der Waals surface area contributed by atoms with Crippen LogP contribution in [0, 0.1) is 0 Å². The molecule has 1 saturated heterocycles. The molecule has 1 amide bonds. The van der Waals surface area contributed by atoms with Gasteiger partial charge in [0.2, 0.25) is 5.91 Å². The van der Waals surface area contributed by atoms with E-state index in [2.05, 4.69) is 36.8 Å². The fourth-order valence-electron chi connectivity index (χ4n) is 1.75. The van der Waals surface area contributed by atoms with Gasteiger partial charge >= 0.3 is 0 Å². The first-order chi connectivity index (χ1) is 7.05. The molecule has 1 aromatic rings. The van der Waals surface area contributed by atoms with E-state index in [4.69, 9.17) is 0 Å². The highest BCUT2D eigenvalue weighted by Crippen LogP contribution is 2.45. The number of hydrogen-bond donors (Lipinski definition) is 0. The lowest BCUT2D eigenvalue weighted by molar-refractivity contribution is -0.127. The zero-order valence-corrected chi connectivity index (χ0v) is 11.3. The molecule has 0 unspecified atom stereocenters. The van der Waals surface area contributed by atoms with Gasteiger partial charge < -0.3 is 4.90 Å². The van der Waals surface area contributed by atoms with E-state index in [1.165, 1.54) is 0 Å². The molecule has 5 heteroatoms. The molecular formula is C10H10Br2N2O. The number of rotatable bonds is 1. The van der Waals surface area contributed by atoms with Gasteiger partial charge in [0, 0.05) is 31.4 Å². The number of likely N-dealkylation sites (tertiary alicyclic amines) is 1. The van der Waals surface area contributed by atoms with Crippen molar-refractivity contribution in [1.29, 1.82) is 0 Å². The van der Waals surface area contributed by atoms with Gasteiger partial charge in [0.25, 0.3) is 0 Å². The van der Waals surface area contributed by atoms with Crippen molar-refractivity contribution in [2.45, 2.75) is 15.7 Å². The standard InChI is InChI=1S/C10H10Br2N2O/c1-14-9(15)8(11)5-10(14,12)7-3-2-4-13-6-7/h2-4,6,8H,5H2,1H3/t8-,10+/m0/s1. The number of hydrogen-bond acceptors (Lipinski definition) is 2. The Morgan fingerprint density at radius 2 is 2.40 bits per heavy atom. The van der Waals surface area contributed by atoms with Crippen LogP contribution in [0.5, 0.6) is 0 Å². The lowest BCUT2D eigenvalue weighted by atomic mass is 10.1. The quantitative estimate of drug-likeness (QED) is 0.583. The summed E-state index contributed by atoms with van der Waals surface area (Å²) in [6.45, 7) is 0. The zero-order valence-electron chi connectivity index (χ0n) is 8.15. The highest BCUT2D eigenvalue weighted by molar-refractivity contribution is 9.10. The summed E-state index contributed by atoms with van der Waals surface area (Å²) in [5.74, 6) is 0.0933. The molecule has 2 rings (SSSR count). The first-order valence-corrected chi connectivity index (χ1v) is 6.28. The number of alkyl halides is 2. The average Bonchev–Trinajstić information content (AvgIpc) is 2.45. The molecule has 1 fully saturated rings. The van der Waals surface area contributed by atoms with Gasteiger partial charge in [0.1, 0.15) is 4.45 Å². The van der Waals surface area contributed by atoms with Crippen molar-refractivity contribution in [3.63, 3.8) is 0 Å². The van der Waals surface area contributed by atoms with E-state index >= 15 is 0 Å². The van der Waals surface area contributed by atoms with Crippen LogP contribution in [0.1, 0.15) is 12.0 Å². The maximum atomic E-state index is 11.7. The first-order valence-electron chi connectivity index (χ1n) is 4.57. The van der Waals surface area contributed by atoms with E-state index in [1.807, 2.05) is 12.1 Å². The van der Waals surface area contributed by atoms with E-state index in [9.17, 15) is 4.79 Å². The van der Waals surface area contributed by atoms with Gasteiger partial charge in [0.05, 0.1) is 4.83 Å². The Balaban J connectivity index is 2.40. The lowest BCUT2D eigenvalue weighted by Crippen LogP contribution is -2.35. The summed E-state index contributed by atoms with van der Waals surface area (Å²) in [5, 5.41) is 0. The van der Waals surface area contributed by atoms with Gasteiger partial charge in [-0.1, -0.05) is 37.9 Å². The van der Waals surface area contributed by atoms with Crippen LogP contribution < -0.4 is 0 Å². The summed E-state index contributed by atoms with van der Waals surface area (Å²) in [4.78, 5) is 17.4. The third-order valence-electron chi connectivity index (χ3n) is 2.68. The SMILES string of the molecule is CN1C(=O)[C@@H](Br)C[C@]1(Br)c1cccnc1. The highest BCUT2D eigenvalue weighted by Gasteiger charge is 2.47. The topological polar surface area (TPSA) is 33.2 Å². The first kappa shape index (κ1) is 11.1. The van der Waals surface area contributed by atoms with E-state index in [-0.39, 0.29) is 10.7 Å². The van der Waals surface area contributed by atoms with Crippen LogP contribution in [0.4, 0.5) is 0 Å². The minimum Gasteiger partial charge on any atom is -0.325 e. The molecule has 0 spiro atoms. The Labute approximate surface area is 105 Å². The summed E-state index contributed by atoms with van der Waals surface area (Å²) in [7, 11) is 1.80. The predicted molar refractivity (Wildman–Crippen MR) is 64.9 cm³/mol. The Kier molecular flexibility index (Phi) is 2.85. The average molecular weight is 334 g/mol. The van der Waals surface area contributed by atoms with Gasteiger partial charge in [-0.25, -0.2) is 0 Å². The van der Waals surface area contributed by atoms with Crippen LogP contribution in [-0.2, 0) is 9.24 Å². The number of carbonyl (C=O) groups is 1. The maximum Gasteiger partial charge on any atom is 0.237 e. The van der Waals surface area contributed by atoms with E-state index in [0.29, 0.717) is 6.42 Å². The van der Waals surface area contributed by atoms with Crippen LogP contribution in [-0.4, -0.2) is 27.7 Å². The summed E-state index contributed by atoms with van der Waals surface area (Å²) < 4.78 is -0.424. The molecule has 1 aliphatic heterocycles. The summed E-state index contributed by atoms with van der Waals surface area (Å²) >= 11 is 7.01. The zero-order chi connectivity index (χ0) is 11.1. The summed E-state index contributed by atoms with van der Waals surface area (Å²) in [6.07, 6.45) is 4.21. The molecule has 1 aromatic heterocycles. The molecule has 0 N–H and O–H groups in total. The van der Waals surface area contributed by atoms with Crippen molar-refractivity contribution in [2.24, 2.45) is 0 Å². The second-order valence-corrected chi connectivity index (χ2v) is 5.99. The van der Waals surface area contributed by atoms with E-state index in [0.717, 1.165) is 5.56 Å². The van der Waals surface area contributed by atoms with Crippen molar-refractivity contribution < 1.29 is 4.79 Å². The Bertz CT molecular complexity index is 384. The van der Waals surface area contributed by atoms with Crippen molar-refractivity contribution >= 4 is 37.8 Å². The second-order valence-electron chi connectivity index (χ2n) is 3.57. The van der Waals surface area contributed by atoms with Gasteiger partial charge in [-0.2, -0.15) is 0 Å². The van der Waals surface area contributed by atoms with Crippen LogP contribution >= 0.6 is 31.9 Å². The van der Waals surface area contributed by atoms with E-state index < -0.39 is 4.45 Å². The number of amides is 1. The van der Waals surface area contributed by atoms with Crippen LogP contribution in [0.3, 0.4) is 0 Å². The van der Waals surface area contributed by atoms with Crippen molar-refractivity contribution in [3.05, 3.63) is 30.1 Å². The monoisotopic (exact) mass is 332 g/mol. The Hall–Kier alpha value is -0.420. The van der Waals surface area contributed by atoms with Gasteiger partial charge in [0.15, 0.2) is 0 Å². The molecule has 1 aliphatic rings. The number of nitrogens with zero attached hydrogens (tertiary/aromatic N) is 2. The number of halogens is 2. The molecule has 2 heterocycles. The lowest BCUT2D eigenvalue weighted by Gasteiger charge is -2.29. The molecule has 0 radical (unpaired) electrons. The Morgan fingerprint density at radius 1 is 1.67 bits per heavy atom. The number of pyridine rings is 1. The maximum absolute atomic E-state index is 11.7. The summed E-state index contributed by atoms with van der Waals surface area (Å²) in [5.41, 5.74) is 1.00. The smallest absolute Gasteiger partial charge is 0.237 e. The van der Waals surface area contributed by atoms with Crippen molar-refractivity contribution in [1.82, 2.24) is 9.88 Å². The minimum atomic E-state index is -0.424. The largest absolute Gasteiger partial charge is 0.325 e. The molecule has 3 nitrogen and oxygen atoms in total. The fourth-order valence-corrected chi connectivity index (χ4v) is 3.69. The second kappa shape index (κ2) is 3.87. The van der Waals surface area contributed by atoms with E-state index in [1.54, 1.807) is 24.3 Å². The molecule has 0 saturated carbocycles. The van der Waals surface area contributed by atoms with Crippen LogP contribution in [0.15, 0.2) is 24.5 Å². The molecular weight excluding hydrogens is 324 g/mol. The van der Waals surface area contributed by atoms with Crippen LogP contribution in [0.2, 0.25) is 0 Å². The minimum absolute atomic E-state index is 0.0933. The molecule has 0 aliphatic carbocycles. The number of aromatic nitrogens is 1. The van der Waals surface area contributed by atoms with Gasteiger partial charge in [-0.05, 0) is 6.07 Å². The van der Waals surface area contributed by atoms with Crippen LogP contribution in [0.25, 0.3) is 0 Å². The van der Waals surface area contributed by atoms with Crippen molar-refractivity contribution in [3.8, 4) is 0 Å². The summed E-state index contributed by atoms with van der Waals surface area (Å²) in [6, 6.07) is 3.84. The molecule has 0 aromatic carbocycles. The third kappa shape index (κ3) is 1.72. The highest BCUT2D eigenvalue weighted by atomic mass is 79.9. The normalized spacial score (nSPS) is 31.0. The number of carbonyl (C=O) groups excluding carboxylic acids is 1. The fraction of sp³-hybridized carbons (Fsp3) is 0.400. The molecule has 2 atom stereocenters. The molecule has 80 valence electrons.